The van der Waals surface area contributed by atoms with Crippen molar-refractivity contribution in [2.45, 2.75) is 81.5 Å². The number of allylic oxidation sites excluding steroid dienone is 2. The van der Waals surface area contributed by atoms with Crippen molar-refractivity contribution >= 4 is 5.97 Å². The maximum absolute atomic E-state index is 12.8. The highest BCUT2D eigenvalue weighted by Crippen LogP contribution is 2.60. The van der Waals surface area contributed by atoms with E-state index in [4.69, 9.17) is 28.8 Å². The highest BCUT2D eigenvalue weighted by molar-refractivity contribution is 5.88. The summed E-state index contributed by atoms with van der Waals surface area (Å²) in [5, 5.41) is 59.1. The number of esters is 1. The monoisotopic (exact) mass is 528 g/mol. The molecule has 0 spiro atoms. The van der Waals surface area contributed by atoms with Gasteiger partial charge in [-0.25, -0.2) is 4.79 Å². The van der Waals surface area contributed by atoms with Crippen LogP contribution in [0.25, 0.3) is 0 Å². The minimum atomic E-state index is -1.63. The Labute approximate surface area is 214 Å². The van der Waals surface area contributed by atoms with Crippen LogP contribution in [0.3, 0.4) is 0 Å². The highest BCUT2D eigenvalue weighted by atomic mass is 16.8. The molecule has 11 atom stereocenters. The number of epoxide rings is 1. The topological polar surface area (TPSA) is 188 Å². The molecule has 37 heavy (non-hydrogen) atoms. The van der Waals surface area contributed by atoms with E-state index in [1.807, 2.05) is 6.92 Å². The molecule has 0 aromatic rings. The van der Waals surface area contributed by atoms with Gasteiger partial charge in [-0.15, -0.1) is 0 Å². The largest absolute Gasteiger partial charge is 0.472 e. The summed E-state index contributed by atoms with van der Waals surface area (Å²) in [5.74, 6) is -1.61. The summed E-state index contributed by atoms with van der Waals surface area (Å²) in [7, 11) is 0. The van der Waals surface area contributed by atoms with Crippen LogP contribution in [0.5, 0.6) is 0 Å². The molecule has 1 aliphatic carbocycles. The normalized spacial score (nSPS) is 43.1. The number of carbonyl (C=O) groups is 1. The fourth-order valence-corrected chi connectivity index (χ4v) is 5.36. The lowest BCUT2D eigenvalue weighted by molar-refractivity contribution is -0.344. The smallest absolute Gasteiger partial charge is 0.333 e. The van der Waals surface area contributed by atoms with Gasteiger partial charge in [0.15, 0.2) is 6.29 Å². The summed E-state index contributed by atoms with van der Waals surface area (Å²) >= 11 is 0. The predicted molar refractivity (Wildman–Crippen MR) is 124 cm³/mol. The summed E-state index contributed by atoms with van der Waals surface area (Å²) in [6.45, 7) is 2.50. The van der Waals surface area contributed by atoms with Crippen LogP contribution in [0.4, 0.5) is 0 Å². The van der Waals surface area contributed by atoms with Crippen LogP contribution in [0, 0.1) is 11.8 Å². The lowest BCUT2D eigenvalue weighted by atomic mass is 9.85. The first kappa shape index (κ1) is 28.1. The highest BCUT2D eigenvalue weighted by Gasteiger charge is 2.77. The van der Waals surface area contributed by atoms with Crippen molar-refractivity contribution in [1.29, 1.82) is 0 Å². The predicted octanol–water partition coefficient (Wildman–Crippen LogP) is -1.37. The van der Waals surface area contributed by atoms with E-state index in [0.29, 0.717) is 18.4 Å². The van der Waals surface area contributed by atoms with Crippen molar-refractivity contribution in [2.75, 3.05) is 19.8 Å². The van der Waals surface area contributed by atoms with Gasteiger partial charge in [0.2, 0.25) is 6.29 Å². The number of ether oxygens (including phenoxy) is 5. The number of carbonyl (C=O) groups excluding carboxylic acids is 1. The van der Waals surface area contributed by atoms with E-state index in [-0.39, 0.29) is 6.61 Å². The summed E-state index contributed by atoms with van der Waals surface area (Å²) in [6.07, 6.45) is -2.04. The van der Waals surface area contributed by atoms with E-state index in [1.54, 1.807) is 25.2 Å². The maximum atomic E-state index is 12.8. The quantitative estimate of drug-likeness (QED) is 0.0846. The van der Waals surface area contributed by atoms with E-state index in [2.05, 4.69) is 0 Å². The van der Waals surface area contributed by atoms with Crippen LogP contribution < -0.4 is 0 Å². The van der Waals surface area contributed by atoms with Gasteiger partial charge >= 0.3 is 5.97 Å². The number of aliphatic hydroxyl groups is 6. The molecule has 208 valence electrons. The van der Waals surface area contributed by atoms with Crippen LogP contribution in [0.2, 0.25) is 0 Å². The van der Waals surface area contributed by atoms with E-state index in [1.165, 1.54) is 6.26 Å². The van der Waals surface area contributed by atoms with Crippen LogP contribution in [0.15, 0.2) is 35.6 Å². The zero-order valence-electron chi connectivity index (χ0n) is 20.8. The van der Waals surface area contributed by atoms with Crippen molar-refractivity contribution in [2.24, 2.45) is 11.8 Å². The molecule has 0 unspecified atom stereocenters. The third-order valence-electron chi connectivity index (χ3n) is 7.59. The Morgan fingerprint density at radius 3 is 2.49 bits per heavy atom. The molecule has 2 saturated heterocycles. The molecule has 3 fully saturated rings. The number of hydrogen-bond donors (Lipinski definition) is 6. The molecule has 12 heteroatoms. The second kappa shape index (κ2) is 11.5. The standard InChI is InChI=1S/C25H36O12/c1-12(6-8-26)4-3-5-13(2)22(32)35-20-14-7-9-33-23(16(14)25(11-28)21(20)37-25)36-24-19(31)18(30)17(29)15(10-27)34-24/h5-7,9,14-21,23-24,26-31H,3-4,8,10-11H2,1-2H3/b12-6-,13-5+/t14-,15-,16-,17-,18+,19-,20+,21+,23+,24+,25-/m1/s1. The zero-order chi connectivity index (χ0) is 26.9. The van der Waals surface area contributed by atoms with Crippen molar-refractivity contribution in [3.63, 3.8) is 0 Å². The summed E-state index contributed by atoms with van der Waals surface area (Å²) in [4.78, 5) is 12.8. The molecular weight excluding hydrogens is 492 g/mol. The Balaban J connectivity index is 1.45. The van der Waals surface area contributed by atoms with Gasteiger partial charge in [-0.1, -0.05) is 17.7 Å². The molecular formula is C25H36O12. The van der Waals surface area contributed by atoms with Crippen LogP contribution in [-0.4, -0.2) is 111 Å². The molecule has 3 heterocycles. The van der Waals surface area contributed by atoms with E-state index in [9.17, 15) is 30.3 Å². The minimum absolute atomic E-state index is 0.0346. The second-order valence-electron chi connectivity index (χ2n) is 9.95. The van der Waals surface area contributed by atoms with Crippen molar-refractivity contribution in [1.82, 2.24) is 0 Å². The fourth-order valence-electron chi connectivity index (χ4n) is 5.36. The third-order valence-corrected chi connectivity index (χ3v) is 7.59. The third kappa shape index (κ3) is 5.35. The number of fused-ring (bicyclic) bond motifs is 3. The van der Waals surface area contributed by atoms with Gasteiger partial charge in [0.25, 0.3) is 0 Å². The Morgan fingerprint density at radius 1 is 1.05 bits per heavy atom. The Morgan fingerprint density at radius 2 is 1.81 bits per heavy atom. The Kier molecular flexibility index (Phi) is 8.73. The number of rotatable bonds is 10. The first-order valence-corrected chi connectivity index (χ1v) is 12.4. The van der Waals surface area contributed by atoms with Gasteiger partial charge in [0.1, 0.15) is 42.2 Å². The zero-order valence-corrected chi connectivity index (χ0v) is 20.8. The molecule has 3 aliphatic heterocycles. The second-order valence-corrected chi connectivity index (χ2v) is 9.95. The summed E-state index contributed by atoms with van der Waals surface area (Å²) in [5.41, 5.74) is 0.319. The van der Waals surface area contributed by atoms with E-state index < -0.39 is 85.8 Å². The molecule has 0 aromatic carbocycles. The Hall–Kier alpha value is -1.87. The van der Waals surface area contributed by atoms with Gasteiger partial charge in [0.05, 0.1) is 32.0 Å². The first-order valence-electron chi connectivity index (χ1n) is 12.4. The molecule has 4 rings (SSSR count). The minimum Gasteiger partial charge on any atom is -0.472 e. The van der Waals surface area contributed by atoms with E-state index >= 15 is 0 Å². The van der Waals surface area contributed by atoms with Crippen molar-refractivity contribution in [3.05, 3.63) is 35.6 Å². The van der Waals surface area contributed by atoms with Crippen molar-refractivity contribution in [3.8, 4) is 0 Å². The van der Waals surface area contributed by atoms with E-state index in [0.717, 1.165) is 5.57 Å². The fraction of sp³-hybridized carbons (Fsp3) is 0.720. The average Bonchev–Trinajstić information content (AvgIpc) is 3.56. The van der Waals surface area contributed by atoms with Crippen LogP contribution >= 0.6 is 0 Å². The molecule has 12 nitrogen and oxygen atoms in total. The molecule has 0 aromatic heterocycles. The van der Waals surface area contributed by atoms with Gasteiger partial charge < -0.3 is 54.3 Å². The Bertz CT molecular complexity index is 915. The number of hydrogen-bond acceptors (Lipinski definition) is 12. The lowest BCUT2D eigenvalue weighted by Crippen LogP contribution is -2.60. The van der Waals surface area contributed by atoms with Gasteiger partial charge in [-0.05, 0) is 32.8 Å². The SMILES string of the molecule is C/C(=C/CO)CC/C=C(\C)C(=O)O[C@H]1[C@@H]2C=CO[C@@H](O[C@@H]3O[C@H](CO)[C@@H](O)[C@H](O)[C@H]3O)[C@@H]2[C@@]2(CO)O[C@@H]12. The first-order chi connectivity index (χ1) is 17.7. The van der Waals surface area contributed by atoms with Gasteiger partial charge in [-0.2, -0.15) is 0 Å². The molecule has 0 radical (unpaired) electrons. The molecule has 1 saturated carbocycles. The summed E-state index contributed by atoms with van der Waals surface area (Å²) in [6, 6.07) is 0. The lowest BCUT2D eigenvalue weighted by Gasteiger charge is -2.43. The maximum Gasteiger partial charge on any atom is 0.333 e. The van der Waals surface area contributed by atoms with Gasteiger partial charge in [0, 0.05) is 11.5 Å². The van der Waals surface area contributed by atoms with Crippen LogP contribution in [0.1, 0.15) is 26.7 Å². The average molecular weight is 529 g/mol. The van der Waals surface area contributed by atoms with Crippen molar-refractivity contribution < 1.29 is 59.1 Å². The molecule has 4 aliphatic rings. The van der Waals surface area contributed by atoms with Gasteiger partial charge in [-0.3, -0.25) is 0 Å². The summed E-state index contributed by atoms with van der Waals surface area (Å²) < 4.78 is 28.5. The molecule has 0 bridgehead atoms. The molecule has 0 amide bonds. The molecule has 6 N–H and O–H groups in total. The van der Waals surface area contributed by atoms with Crippen LogP contribution in [-0.2, 0) is 28.5 Å². The number of aliphatic hydroxyl groups excluding tert-OH is 6.